The van der Waals surface area contributed by atoms with Crippen LogP contribution in [0.25, 0.3) is 0 Å². The fraction of sp³-hybridized carbons (Fsp3) is 1.00. The van der Waals surface area contributed by atoms with Crippen molar-refractivity contribution in [3.63, 3.8) is 0 Å². The number of nitrogens with one attached hydrogen (secondary N) is 1. The van der Waals surface area contributed by atoms with Gasteiger partial charge in [0.25, 0.3) is 0 Å². The van der Waals surface area contributed by atoms with Crippen molar-refractivity contribution in [3.8, 4) is 0 Å². The van der Waals surface area contributed by atoms with Gasteiger partial charge in [0.1, 0.15) is 0 Å². The number of fused-ring (bicyclic) bond motifs is 1. The highest BCUT2D eigenvalue weighted by molar-refractivity contribution is 4.94. The van der Waals surface area contributed by atoms with Crippen molar-refractivity contribution in [2.24, 2.45) is 23.7 Å². The summed E-state index contributed by atoms with van der Waals surface area (Å²) in [6.45, 7) is 10.2. The highest BCUT2D eigenvalue weighted by Gasteiger charge is 2.40. The first-order chi connectivity index (χ1) is 7.74. The number of likely N-dealkylation sites (tertiary alicyclic amines) is 1. The minimum atomic E-state index is 0.914. The molecule has 0 radical (unpaired) electrons. The van der Waals surface area contributed by atoms with Gasteiger partial charge in [-0.05, 0) is 56.0 Å². The molecule has 2 heteroatoms. The minimum Gasteiger partial charge on any atom is -0.316 e. The normalized spacial score (nSPS) is 49.5. The van der Waals surface area contributed by atoms with Gasteiger partial charge >= 0.3 is 0 Å². The second kappa shape index (κ2) is 4.30. The molecule has 16 heavy (non-hydrogen) atoms. The Labute approximate surface area is 99.8 Å². The second-order valence-electron chi connectivity index (χ2n) is 6.55. The number of hydrogen-bond donors (Lipinski definition) is 1. The molecule has 0 aromatic carbocycles. The fourth-order valence-corrected chi connectivity index (χ4v) is 4.04. The molecule has 3 rings (SSSR count). The lowest BCUT2D eigenvalue weighted by molar-refractivity contribution is 0.124. The molecule has 0 amide bonds. The van der Waals surface area contributed by atoms with Crippen LogP contribution in [-0.2, 0) is 0 Å². The zero-order valence-electron chi connectivity index (χ0n) is 10.8. The molecule has 1 aliphatic carbocycles. The van der Waals surface area contributed by atoms with Gasteiger partial charge in [0.05, 0.1) is 0 Å². The average Bonchev–Trinajstić information content (AvgIpc) is 2.81. The van der Waals surface area contributed by atoms with Gasteiger partial charge in [0, 0.05) is 19.1 Å². The van der Waals surface area contributed by atoms with Gasteiger partial charge in [0.2, 0.25) is 0 Å². The maximum atomic E-state index is 3.54. The van der Waals surface area contributed by atoms with Crippen molar-refractivity contribution in [1.29, 1.82) is 0 Å². The number of nitrogens with zero attached hydrogens (tertiary/aromatic N) is 1. The Bertz CT molecular complexity index is 238. The summed E-state index contributed by atoms with van der Waals surface area (Å²) in [6.07, 6.45) is 4.36. The Morgan fingerprint density at radius 3 is 2.25 bits per heavy atom. The second-order valence-corrected chi connectivity index (χ2v) is 6.55. The third kappa shape index (κ3) is 1.91. The van der Waals surface area contributed by atoms with E-state index in [1.165, 1.54) is 45.4 Å². The highest BCUT2D eigenvalue weighted by atomic mass is 15.2. The van der Waals surface area contributed by atoms with E-state index in [2.05, 4.69) is 24.1 Å². The molecule has 0 bridgehead atoms. The van der Waals surface area contributed by atoms with E-state index >= 15 is 0 Å². The van der Waals surface area contributed by atoms with Crippen LogP contribution in [0.2, 0.25) is 0 Å². The lowest BCUT2D eigenvalue weighted by atomic mass is 9.78. The molecule has 2 saturated heterocycles. The first kappa shape index (κ1) is 11.0. The highest BCUT2D eigenvalue weighted by Crippen LogP contribution is 2.36. The van der Waals surface area contributed by atoms with Crippen LogP contribution in [0.4, 0.5) is 0 Å². The number of hydrogen-bond acceptors (Lipinski definition) is 2. The van der Waals surface area contributed by atoms with Gasteiger partial charge in [-0.1, -0.05) is 13.8 Å². The van der Waals surface area contributed by atoms with Gasteiger partial charge in [-0.2, -0.15) is 0 Å². The quantitative estimate of drug-likeness (QED) is 0.729. The zero-order valence-corrected chi connectivity index (χ0v) is 10.8. The molecule has 1 saturated carbocycles. The summed E-state index contributed by atoms with van der Waals surface area (Å²) in [5, 5.41) is 3.54. The molecule has 3 fully saturated rings. The van der Waals surface area contributed by atoms with E-state index in [4.69, 9.17) is 0 Å². The van der Waals surface area contributed by atoms with Gasteiger partial charge in [-0.25, -0.2) is 0 Å². The van der Waals surface area contributed by atoms with E-state index < -0.39 is 0 Å². The summed E-state index contributed by atoms with van der Waals surface area (Å²) >= 11 is 0. The van der Waals surface area contributed by atoms with Crippen molar-refractivity contribution in [3.05, 3.63) is 0 Å². The molecule has 5 atom stereocenters. The van der Waals surface area contributed by atoms with Crippen LogP contribution in [0.15, 0.2) is 0 Å². The molecular weight excluding hydrogens is 196 g/mol. The van der Waals surface area contributed by atoms with Crippen LogP contribution in [0.5, 0.6) is 0 Å². The van der Waals surface area contributed by atoms with Crippen LogP contribution in [0.1, 0.15) is 33.1 Å². The smallest absolute Gasteiger partial charge is 0.00982 e. The van der Waals surface area contributed by atoms with Crippen LogP contribution in [0, 0.1) is 23.7 Å². The molecule has 2 nitrogen and oxygen atoms in total. The average molecular weight is 222 g/mol. The largest absolute Gasteiger partial charge is 0.316 e. The lowest BCUT2D eigenvalue weighted by Crippen LogP contribution is -2.40. The first-order valence-electron chi connectivity index (χ1n) is 7.19. The number of rotatable bonds is 1. The molecule has 0 aromatic rings. The summed E-state index contributed by atoms with van der Waals surface area (Å²) in [4.78, 5) is 2.82. The van der Waals surface area contributed by atoms with Crippen LogP contribution in [-0.4, -0.2) is 37.1 Å². The maximum Gasteiger partial charge on any atom is 0.00982 e. The van der Waals surface area contributed by atoms with E-state index in [0.29, 0.717) is 0 Å². The molecule has 3 unspecified atom stereocenters. The maximum absolute atomic E-state index is 3.54. The predicted molar refractivity (Wildman–Crippen MR) is 67.4 cm³/mol. The van der Waals surface area contributed by atoms with E-state index in [9.17, 15) is 0 Å². The summed E-state index contributed by atoms with van der Waals surface area (Å²) in [5.41, 5.74) is 0. The minimum absolute atomic E-state index is 0.914. The summed E-state index contributed by atoms with van der Waals surface area (Å²) in [5.74, 6) is 3.83. The van der Waals surface area contributed by atoms with Crippen molar-refractivity contribution >= 4 is 0 Å². The van der Waals surface area contributed by atoms with Gasteiger partial charge < -0.3 is 5.32 Å². The van der Waals surface area contributed by atoms with Crippen LogP contribution in [0.3, 0.4) is 0 Å². The predicted octanol–water partition coefficient (Wildman–Crippen LogP) is 1.96. The SMILES string of the molecule is CC1CCC(N2C[C@H]3CNC[C@H]3C2)CC1C. The van der Waals surface area contributed by atoms with Crippen LogP contribution >= 0.6 is 0 Å². The third-order valence-electron chi connectivity index (χ3n) is 5.50. The topological polar surface area (TPSA) is 15.3 Å². The molecule has 0 aromatic heterocycles. The van der Waals surface area contributed by atoms with Crippen molar-refractivity contribution in [2.45, 2.75) is 39.2 Å². The Morgan fingerprint density at radius 1 is 0.938 bits per heavy atom. The third-order valence-corrected chi connectivity index (χ3v) is 5.50. The van der Waals surface area contributed by atoms with Gasteiger partial charge in [0.15, 0.2) is 0 Å². The molecule has 3 aliphatic rings. The summed E-state index contributed by atoms with van der Waals surface area (Å²) in [6, 6.07) is 0.914. The van der Waals surface area contributed by atoms with Crippen molar-refractivity contribution in [1.82, 2.24) is 10.2 Å². The Morgan fingerprint density at radius 2 is 1.62 bits per heavy atom. The summed E-state index contributed by atoms with van der Waals surface area (Å²) < 4.78 is 0. The molecular formula is C14H26N2. The summed E-state index contributed by atoms with van der Waals surface area (Å²) in [7, 11) is 0. The molecule has 1 N–H and O–H groups in total. The van der Waals surface area contributed by atoms with E-state index in [1.54, 1.807) is 0 Å². The molecule has 2 aliphatic heterocycles. The molecule has 2 heterocycles. The van der Waals surface area contributed by atoms with Crippen LogP contribution < -0.4 is 5.32 Å². The fourth-order valence-electron chi connectivity index (χ4n) is 4.04. The zero-order chi connectivity index (χ0) is 11.1. The lowest BCUT2D eigenvalue weighted by Gasteiger charge is -2.37. The van der Waals surface area contributed by atoms with Crippen molar-refractivity contribution in [2.75, 3.05) is 26.2 Å². The van der Waals surface area contributed by atoms with Crippen molar-refractivity contribution < 1.29 is 0 Å². The molecule has 92 valence electrons. The monoisotopic (exact) mass is 222 g/mol. The van der Waals surface area contributed by atoms with Gasteiger partial charge in [-0.3, -0.25) is 4.90 Å². The first-order valence-corrected chi connectivity index (χ1v) is 7.19. The van der Waals surface area contributed by atoms with E-state index in [1.807, 2.05) is 0 Å². The Hall–Kier alpha value is -0.0800. The Kier molecular flexibility index (Phi) is 2.97. The standard InChI is InChI=1S/C14H26N2/c1-10-3-4-14(5-11(10)2)16-8-12-6-15-7-13(12)9-16/h10-15H,3-9H2,1-2H3/t10?,11?,12-,13+,14?. The molecule has 0 spiro atoms. The van der Waals surface area contributed by atoms with E-state index in [-0.39, 0.29) is 0 Å². The van der Waals surface area contributed by atoms with Gasteiger partial charge in [-0.15, -0.1) is 0 Å². The Balaban J connectivity index is 1.58. The van der Waals surface area contributed by atoms with E-state index in [0.717, 1.165) is 29.7 Å².